The van der Waals surface area contributed by atoms with Crippen molar-refractivity contribution in [1.29, 1.82) is 0 Å². The molecule has 2 aliphatic rings. The summed E-state index contributed by atoms with van der Waals surface area (Å²) in [6, 6.07) is 7.99. The largest absolute Gasteiger partial charge is 0.288 e. The van der Waals surface area contributed by atoms with Crippen molar-refractivity contribution in [2.75, 3.05) is 0 Å². The van der Waals surface area contributed by atoms with E-state index >= 15 is 0 Å². The van der Waals surface area contributed by atoms with Crippen LogP contribution in [-0.4, -0.2) is 4.98 Å². The van der Waals surface area contributed by atoms with Crippen molar-refractivity contribution >= 4 is 37.5 Å². The maximum Gasteiger partial charge on any atom is 0.197 e. The van der Waals surface area contributed by atoms with Gasteiger partial charge in [-0.25, -0.2) is 4.98 Å². The zero-order valence-corrected chi connectivity index (χ0v) is 12.4. The minimum atomic E-state index is 0.0487. The van der Waals surface area contributed by atoms with Gasteiger partial charge < -0.3 is 0 Å². The highest BCUT2D eigenvalue weighted by atomic mass is 79.9. The molecule has 0 amide bonds. The molecule has 1 aliphatic heterocycles. The minimum absolute atomic E-state index is 0.0487. The first-order valence-electron chi connectivity index (χ1n) is 5.56. The summed E-state index contributed by atoms with van der Waals surface area (Å²) in [5.41, 5.74) is 3.87. The Hall–Kier alpha value is -1.26. The van der Waals surface area contributed by atoms with Crippen molar-refractivity contribution in [3.05, 3.63) is 50.1 Å². The summed E-state index contributed by atoms with van der Waals surface area (Å²) in [7, 11) is 0. The Bertz CT molecular complexity index is 794. The highest BCUT2D eigenvalue weighted by molar-refractivity contribution is 9.10. The van der Waals surface area contributed by atoms with Gasteiger partial charge in [-0.3, -0.25) is 4.79 Å². The average molecular weight is 320 g/mol. The van der Waals surface area contributed by atoms with Gasteiger partial charge in [-0.1, -0.05) is 6.07 Å². The van der Waals surface area contributed by atoms with Crippen molar-refractivity contribution in [3.63, 3.8) is 0 Å². The lowest BCUT2D eigenvalue weighted by atomic mass is 10.1. The Balaban J connectivity index is 2.50. The summed E-state index contributed by atoms with van der Waals surface area (Å²) in [4.78, 5) is 17.5. The molecule has 0 spiro atoms. The molecule has 0 aromatic heterocycles. The highest BCUT2D eigenvalue weighted by Crippen LogP contribution is 2.33. The Morgan fingerprint density at radius 3 is 2.78 bits per heavy atom. The lowest BCUT2D eigenvalue weighted by molar-refractivity contribution is 1.32. The third-order valence-corrected chi connectivity index (χ3v) is 4.82. The van der Waals surface area contributed by atoms with E-state index in [1.807, 2.05) is 13.0 Å². The van der Waals surface area contributed by atoms with Crippen LogP contribution < -0.4 is 5.43 Å². The van der Waals surface area contributed by atoms with Crippen LogP contribution in [0.15, 0.2) is 33.5 Å². The van der Waals surface area contributed by atoms with Crippen molar-refractivity contribution in [2.24, 2.45) is 0 Å². The molecule has 0 radical (unpaired) electrons. The standard InChI is InChI=1S/C14H10BrNOS/c1-7-3-4-10-12(5-7)18-14-8(2)13(17)9(15)6-11(14)16-10/h3-6H,1-2H3. The van der Waals surface area contributed by atoms with Crippen LogP contribution in [0.2, 0.25) is 0 Å². The average Bonchev–Trinajstić information content (AvgIpc) is 2.35. The lowest BCUT2D eigenvalue weighted by Crippen LogP contribution is -2.08. The topological polar surface area (TPSA) is 30.0 Å². The molecule has 90 valence electrons. The van der Waals surface area contributed by atoms with Gasteiger partial charge in [0.25, 0.3) is 0 Å². The van der Waals surface area contributed by atoms with E-state index in [4.69, 9.17) is 0 Å². The van der Waals surface area contributed by atoms with E-state index in [2.05, 4.69) is 40.0 Å². The third kappa shape index (κ3) is 1.76. The number of aromatic nitrogens is 1. The highest BCUT2D eigenvalue weighted by Gasteiger charge is 2.14. The summed E-state index contributed by atoms with van der Waals surface area (Å²) in [5.74, 6) is 0. The van der Waals surface area contributed by atoms with Gasteiger partial charge in [0.15, 0.2) is 5.43 Å². The molecule has 0 saturated carbocycles. The number of hydrogen-bond acceptors (Lipinski definition) is 3. The molecule has 0 N–H and O–H groups in total. The minimum Gasteiger partial charge on any atom is -0.288 e. The molecular weight excluding hydrogens is 310 g/mol. The Morgan fingerprint density at radius 1 is 1.22 bits per heavy atom. The zero-order valence-electron chi connectivity index (χ0n) is 9.95. The molecule has 0 saturated heterocycles. The normalized spacial score (nSPS) is 11.3. The second kappa shape index (κ2) is 4.14. The van der Waals surface area contributed by atoms with Gasteiger partial charge in [0.05, 0.1) is 25.3 Å². The van der Waals surface area contributed by atoms with E-state index < -0.39 is 0 Å². The molecular formula is C14H10BrNOS. The zero-order chi connectivity index (χ0) is 12.9. The van der Waals surface area contributed by atoms with E-state index in [1.54, 1.807) is 17.4 Å². The van der Waals surface area contributed by atoms with Gasteiger partial charge in [0, 0.05) is 5.56 Å². The van der Waals surface area contributed by atoms with Crippen LogP contribution in [0.4, 0.5) is 0 Å². The van der Waals surface area contributed by atoms with Gasteiger partial charge in [-0.15, -0.1) is 11.3 Å². The molecule has 1 aromatic carbocycles. The van der Waals surface area contributed by atoms with E-state index in [9.17, 15) is 4.79 Å². The van der Waals surface area contributed by atoms with Crippen molar-refractivity contribution in [1.82, 2.24) is 4.98 Å². The third-order valence-electron chi connectivity index (χ3n) is 2.96. The predicted molar refractivity (Wildman–Crippen MR) is 79.7 cm³/mol. The maximum absolute atomic E-state index is 11.9. The molecule has 1 heterocycles. The number of halogens is 1. The van der Waals surface area contributed by atoms with Crippen LogP contribution in [0.25, 0.3) is 20.8 Å². The van der Waals surface area contributed by atoms with Gasteiger partial charge in [-0.2, -0.15) is 0 Å². The summed E-state index contributed by atoms with van der Waals surface area (Å²) < 4.78 is 1.70. The quantitative estimate of drug-likeness (QED) is 0.583. The molecule has 18 heavy (non-hydrogen) atoms. The molecule has 0 fully saturated rings. The fourth-order valence-corrected chi connectivity index (χ4v) is 3.62. The molecule has 0 bridgehead atoms. The fraction of sp³-hybridized carbons (Fsp3) is 0.143. The molecule has 1 aromatic rings. The summed E-state index contributed by atoms with van der Waals surface area (Å²) >= 11 is 4.93. The van der Waals surface area contributed by atoms with Crippen LogP contribution in [0.5, 0.6) is 0 Å². The van der Waals surface area contributed by atoms with E-state index in [0.717, 1.165) is 26.4 Å². The molecule has 0 unspecified atom stereocenters. The number of aryl methyl sites for hydroxylation is 1. The first-order valence-corrected chi connectivity index (χ1v) is 7.17. The molecule has 2 nitrogen and oxygen atoms in total. The second-order valence-corrected chi connectivity index (χ2v) is 6.25. The van der Waals surface area contributed by atoms with Gasteiger partial charge in [0.1, 0.15) is 0 Å². The van der Waals surface area contributed by atoms with Crippen LogP contribution in [-0.2, 0) is 0 Å². The van der Waals surface area contributed by atoms with Gasteiger partial charge in [0.2, 0.25) is 0 Å². The number of fused-ring (bicyclic) bond motifs is 2. The van der Waals surface area contributed by atoms with E-state index in [0.29, 0.717) is 4.47 Å². The molecule has 3 rings (SSSR count). The van der Waals surface area contributed by atoms with Gasteiger partial charge >= 0.3 is 0 Å². The fourth-order valence-electron chi connectivity index (χ4n) is 1.97. The smallest absolute Gasteiger partial charge is 0.197 e. The SMILES string of the molecule is Cc1ccc2nc3cc(Br)c(=O)c(C)c-3sc2c1. The number of rotatable bonds is 0. The van der Waals surface area contributed by atoms with Gasteiger partial charge in [-0.05, 0) is 53.5 Å². The second-order valence-electron chi connectivity index (χ2n) is 4.35. The monoisotopic (exact) mass is 319 g/mol. The van der Waals surface area contributed by atoms with Crippen molar-refractivity contribution < 1.29 is 0 Å². The van der Waals surface area contributed by atoms with Crippen LogP contribution in [0, 0.1) is 13.8 Å². The van der Waals surface area contributed by atoms with Crippen molar-refractivity contribution in [2.45, 2.75) is 13.8 Å². The van der Waals surface area contributed by atoms with Crippen molar-refractivity contribution in [3.8, 4) is 10.6 Å². The Morgan fingerprint density at radius 2 is 2.00 bits per heavy atom. The molecule has 1 aliphatic carbocycles. The predicted octanol–water partition coefficient (Wildman–Crippen LogP) is 4.14. The Labute approximate surface area is 117 Å². The number of nitrogens with zero attached hydrogens (tertiary/aromatic N) is 1. The number of hydrogen-bond donors (Lipinski definition) is 0. The summed E-state index contributed by atoms with van der Waals surface area (Å²) in [5, 5.41) is 0. The van der Waals surface area contributed by atoms with Crippen LogP contribution >= 0.6 is 27.3 Å². The van der Waals surface area contributed by atoms with Crippen LogP contribution in [0.1, 0.15) is 11.1 Å². The number of benzene rings is 2. The lowest BCUT2D eigenvalue weighted by Gasteiger charge is -2.09. The molecule has 0 atom stereocenters. The first kappa shape index (κ1) is 11.8. The summed E-state index contributed by atoms with van der Waals surface area (Å²) in [6.07, 6.45) is 0. The molecule has 4 heteroatoms. The van der Waals surface area contributed by atoms with E-state index in [-0.39, 0.29) is 5.43 Å². The maximum atomic E-state index is 11.9. The van der Waals surface area contributed by atoms with Crippen LogP contribution in [0.3, 0.4) is 0 Å². The summed E-state index contributed by atoms with van der Waals surface area (Å²) in [6.45, 7) is 3.92. The first-order chi connectivity index (χ1) is 8.56. The van der Waals surface area contributed by atoms with E-state index in [1.165, 1.54) is 5.56 Å². The Kier molecular flexibility index (Phi) is 2.72.